The molecule has 0 amide bonds. The van der Waals surface area contributed by atoms with Crippen molar-refractivity contribution in [3.8, 4) is 0 Å². The molecule has 152 valence electrons. The summed E-state index contributed by atoms with van der Waals surface area (Å²) >= 11 is 0. The smallest absolute Gasteiger partial charge is 0.303 e. The molecule has 0 radical (unpaired) electrons. The molecular weight excluding hydrogens is 358 g/mol. The largest absolute Gasteiger partial charge is 0.481 e. The molecule has 0 unspecified atom stereocenters. The highest BCUT2D eigenvalue weighted by atomic mass is 16.4. The lowest BCUT2D eigenvalue weighted by Gasteiger charge is -2.31. The number of aryl methyl sites for hydroxylation is 2. The summed E-state index contributed by atoms with van der Waals surface area (Å²) in [6.45, 7) is 3.28. The van der Waals surface area contributed by atoms with Gasteiger partial charge in [-0.2, -0.15) is 0 Å². The van der Waals surface area contributed by atoms with Crippen LogP contribution in [-0.4, -0.2) is 35.6 Å². The lowest BCUT2D eigenvalue weighted by molar-refractivity contribution is -0.137. The van der Waals surface area contributed by atoms with Crippen LogP contribution < -0.4 is 0 Å². The second kappa shape index (κ2) is 9.41. The zero-order chi connectivity index (χ0) is 20.1. The molecule has 1 aliphatic carbocycles. The minimum atomic E-state index is -0.664. The standard InChI is InChI=1S/C26H31NO2/c28-26(29)14-11-20-15-18-27(19-16-20)17-5-10-25-23-8-3-1-6-21(23)12-13-22-7-2-4-9-24(22)25/h1-4,6-10,20H,5,11-19H2,(H,28,29). The Kier molecular flexibility index (Phi) is 6.46. The normalized spacial score (nSPS) is 17.3. The van der Waals surface area contributed by atoms with Crippen molar-refractivity contribution in [1.82, 2.24) is 4.90 Å². The zero-order valence-corrected chi connectivity index (χ0v) is 17.1. The fourth-order valence-electron chi connectivity index (χ4n) is 4.85. The Morgan fingerprint density at radius 1 is 0.966 bits per heavy atom. The minimum absolute atomic E-state index is 0.315. The molecule has 1 aliphatic heterocycles. The maximum absolute atomic E-state index is 10.8. The Balaban J connectivity index is 1.42. The van der Waals surface area contributed by atoms with Gasteiger partial charge < -0.3 is 10.0 Å². The molecule has 3 nitrogen and oxygen atoms in total. The first-order valence-corrected chi connectivity index (χ1v) is 11.0. The van der Waals surface area contributed by atoms with Crippen molar-refractivity contribution in [2.75, 3.05) is 19.6 Å². The molecule has 2 aliphatic rings. The number of carboxylic acid groups (broad SMARTS) is 1. The SMILES string of the molecule is O=C(O)CCC1CCN(CCC=C2c3ccccc3CCc3ccccc32)CC1. The predicted octanol–water partition coefficient (Wildman–Crippen LogP) is 5.18. The van der Waals surface area contributed by atoms with E-state index in [1.807, 2.05) is 0 Å². The van der Waals surface area contributed by atoms with E-state index in [2.05, 4.69) is 59.5 Å². The van der Waals surface area contributed by atoms with Gasteiger partial charge in [0, 0.05) is 13.0 Å². The van der Waals surface area contributed by atoms with E-state index < -0.39 is 5.97 Å². The van der Waals surface area contributed by atoms with Crippen molar-refractivity contribution >= 4 is 11.5 Å². The number of piperidine rings is 1. The number of carboxylic acids is 1. The lowest BCUT2D eigenvalue weighted by Crippen LogP contribution is -2.34. The molecule has 0 aromatic heterocycles. The van der Waals surface area contributed by atoms with E-state index >= 15 is 0 Å². The Morgan fingerprint density at radius 3 is 2.14 bits per heavy atom. The van der Waals surface area contributed by atoms with E-state index in [0.717, 1.165) is 58.2 Å². The van der Waals surface area contributed by atoms with E-state index in [4.69, 9.17) is 5.11 Å². The van der Waals surface area contributed by atoms with Crippen LogP contribution in [0.5, 0.6) is 0 Å². The van der Waals surface area contributed by atoms with E-state index in [1.165, 1.54) is 27.8 Å². The Morgan fingerprint density at radius 2 is 1.55 bits per heavy atom. The lowest BCUT2D eigenvalue weighted by atomic mass is 9.91. The molecule has 1 fully saturated rings. The summed E-state index contributed by atoms with van der Waals surface area (Å²) in [5.41, 5.74) is 7.09. The number of likely N-dealkylation sites (tertiary alicyclic amines) is 1. The molecule has 0 spiro atoms. The first-order valence-electron chi connectivity index (χ1n) is 11.0. The molecule has 4 rings (SSSR count). The number of carbonyl (C=O) groups is 1. The van der Waals surface area contributed by atoms with Gasteiger partial charge in [0.2, 0.25) is 0 Å². The van der Waals surface area contributed by atoms with Gasteiger partial charge in [0.05, 0.1) is 0 Å². The molecule has 29 heavy (non-hydrogen) atoms. The van der Waals surface area contributed by atoms with Gasteiger partial charge in [-0.25, -0.2) is 0 Å². The van der Waals surface area contributed by atoms with Crippen molar-refractivity contribution in [3.05, 3.63) is 76.9 Å². The van der Waals surface area contributed by atoms with Crippen LogP contribution >= 0.6 is 0 Å². The van der Waals surface area contributed by atoms with Crippen molar-refractivity contribution in [2.24, 2.45) is 5.92 Å². The fourth-order valence-corrected chi connectivity index (χ4v) is 4.85. The van der Waals surface area contributed by atoms with Gasteiger partial charge >= 0.3 is 5.97 Å². The van der Waals surface area contributed by atoms with E-state index in [-0.39, 0.29) is 0 Å². The zero-order valence-electron chi connectivity index (χ0n) is 17.1. The van der Waals surface area contributed by atoms with Crippen LogP contribution in [0.15, 0.2) is 54.6 Å². The first kappa shape index (κ1) is 19.9. The summed E-state index contributed by atoms with van der Waals surface area (Å²) in [6.07, 6.45) is 9.13. The fraction of sp³-hybridized carbons (Fsp3) is 0.423. The summed E-state index contributed by atoms with van der Waals surface area (Å²) in [5, 5.41) is 8.88. The van der Waals surface area contributed by atoms with Gasteiger partial charge in [-0.3, -0.25) is 4.79 Å². The van der Waals surface area contributed by atoms with Gasteiger partial charge in [0.15, 0.2) is 0 Å². The number of rotatable bonds is 6. The first-order chi connectivity index (χ1) is 14.2. The third-order valence-corrected chi connectivity index (χ3v) is 6.55. The van der Waals surface area contributed by atoms with Gasteiger partial charge in [-0.15, -0.1) is 0 Å². The molecule has 1 N–H and O–H groups in total. The molecule has 1 saturated heterocycles. The van der Waals surface area contributed by atoms with Crippen LogP contribution in [0, 0.1) is 5.92 Å². The van der Waals surface area contributed by atoms with Gasteiger partial charge in [0.1, 0.15) is 0 Å². The number of fused-ring (bicyclic) bond motifs is 2. The van der Waals surface area contributed by atoms with Gasteiger partial charge in [0.25, 0.3) is 0 Å². The Labute approximate surface area is 174 Å². The second-order valence-electron chi connectivity index (χ2n) is 8.44. The molecular formula is C26H31NO2. The van der Waals surface area contributed by atoms with E-state index in [9.17, 15) is 4.79 Å². The summed E-state index contributed by atoms with van der Waals surface area (Å²) in [5.74, 6) is -0.0793. The van der Waals surface area contributed by atoms with Crippen LogP contribution in [0.1, 0.15) is 54.4 Å². The third kappa shape index (κ3) is 4.97. The summed E-state index contributed by atoms with van der Waals surface area (Å²) in [6, 6.07) is 17.7. The highest BCUT2D eigenvalue weighted by Crippen LogP contribution is 2.33. The molecule has 1 heterocycles. The van der Waals surface area contributed by atoms with Crippen molar-refractivity contribution < 1.29 is 9.90 Å². The molecule has 2 aromatic rings. The highest BCUT2D eigenvalue weighted by molar-refractivity contribution is 5.83. The van der Waals surface area contributed by atoms with E-state index in [0.29, 0.717) is 12.3 Å². The summed E-state index contributed by atoms with van der Waals surface area (Å²) in [4.78, 5) is 13.3. The molecule has 0 saturated carbocycles. The number of aliphatic carboxylic acids is 1. The second-order valence-corrected chi connectivity index (χ2v) is 8.44. The van der Waals surface area contributed by atoms with Crippen LogP contribution in [0.4, 0.5) is 0 Å². The quantitative estimate of drug-likeness (QED) is 0.740. The number of hydrogen-bond acceptors (Lipinski definition) is 2. The summed E-state index contributed by atoms with van der Waals surface area (Å²) in [7, 11) is 0. The third-order valence-electron chi connectivity index (χ3n) is 6.55. The molecule has 0 atom stereocenters. The predicted molar refractivity (Wildman–Crippen MR) is 118 cm³/mol. The maximum atomic E-state index is 10.8. The average Bonchev–Trinajstić information content (AvgIpc) is 2.90. The van der Waals surface area contributed by atoms with Gasteiger partial charge in [-0.1, -0.05) is 54.6 Å². The van der Waals surface area contributed by atoms with Crippen molar-refractivity contribution in [3.63, 3.8) is 0 Å². The van der Waals surface area contributed by atoms with Crippen LogP contribution in [0.25, 0.3) is 5.57 Å². The van der Waals surface area contributed by atoms with E-state index in [1.54, 1.807) is 0 Å². The topological polar surface area (TPSA) is 40.5 Å². The number of benzene rings is 2. The van der Waals surface area contributed by atoms with Gasteiger partial charge in [-0.05, 0) is 85.4 Å². The van der Waals surface area contributed by atoms with Crippen molar-refractivity contribution in [2.45, 2.75) is 44.9 Å². The average molecular weight is 390 g/mol. The van der Waals surface area contributed by atoms with Crippen molar-refractivity contribution in [1.29, 1.82) is 0 Å². The Hall–Kier alpha value is -2.39. The molecule has 3 heteroatoms. The Bertz CT molecular complexity index is 828. The summed E-state index contributed by atoms with van der Waals surface area (Å²) < 4.78 is 0. The molecule has 0 bridgehead atoms. The van der Waals surface area contributed by atoms with Crippen LogP contribution in [0.2, 0.25) is 0 Å². The molecule has 2 aromatic carbocycles. The maximum Gasteiger partial charge on any atom is 0.303 e. The monoisotopic (exact) mass is 389 g/mol. The minimum Gasteiger partial charge on any atom is -0.481 e. The van der Waals surface area contributed by atoms with Crippen LogP contribution in [-0.2, 0) is 17.6 Å². The highest BCUT2D eigenvalue weighted by Gasteiger charge is 2.20. The number of hydrogen-bond donors (Lipinski definition) is 1. The van der Waals surface area contributed by atoms with Crippen LogP contribution in [0.3, 0.4) is 0 Å². The number of nitrogens with zero attached hydrogens (tertiary/aromatic N) is 1.